The molecule has 1 aromatic heterocycles. The number of hydrogen-bond acceptors (Lipinski definition) is 3. The number of benzene rings is 1. The Morgan fingerprint density at radius 2 is 2.00 bits per heavy atom. The minimum absolute atomic E-state index is 0. The number of aliphatic imine (C=N–C) groups is 1. The number of aryl methyl sites for hydroxylation is 1. The molecule has 0 saturated heterocycles. The van der Waals surface area contributed by atoms with Crippen LogP contribution in [0, 0.1) is 0 Å². The van der Waals surface area contributed by atoms with Crippen molar-refractivity contribution in [2.24, 2.45) is 4.99 Å². The van der Waals surface area contributed by atoms with E-state index in [1.807, 2.05) is 0 Å². The van der Waals surface area contributed by atoms with E-state index in [1.165, 1.54) is 16.0 Å². The summed E-state index contributed by atoms with van der Waals surface area (Å²) >= 11 is 1.76. The van der Waals surface area contributed by atoms with Gasteiger partial charge in [-0.2, -0.15) is 0 Å². The Kier molecular flexibility index (Phi) is 9.24. The number of carbonyl (C=O) groups excluding carboxylic acids is 1. The summed E-state index contributed by atoms with van der Waals surface area (Å²) in [5.41, 5.74) is 2.85. The zero-order valence-corrected chi connectivity index (χ0v) is 19.6. The smallest absolute Gasteiger partial charge is 0.243 e. The summed E-state index contributed by atoms with van der Waals surface area (Å²) in [5.74, 6) is 0.731. The molecule has 1 aliphatic carbocycles. The molecule has 0 fully saturated rings. The first-order chi connectivity index (χ1) is 13.1. The van der Waals surface area contributed by atoms with Crippen LogP contribution in [0.25, 0.3) is 0 Å². The molecule has 3 rings (SSSR count). The van der Waals surface area contributed by atoms with Gasteiger partial charge in [0.05, 0.1) is 0 Å². The van der Waals surface area contributed by atoms with Crippen molar-refractivity contribution in [3.8, 4) is 0 Å². The molecule has 1 heterocycles. The monoisotopic (exact) mass is 512 g/mol. The number of nitrogens with one attached hydrogen (secondary N) is 2. The molecule has 2 aromatic rings. The van der Waals surface area contributed by atoms with E-state index in [9.17, 15) is 4.79 Å². The Balaban J connectivity index is 0.00000280. The molecule has 5 nitrogen and oxygen atoms in total. The van der Waals surface area contributed by atoms with E-state index in [0.29, 0.717) is 6.04 Å². The van der Waals surface area contributed by atoms with Gasteiger partial charge < -0.3 is 15.5 Å². The molecule has 1 unspecified atom stereocenters. The minimum atomic E-state index is 0. The van der Waals surface area contributed by atoms with Gasteiger partial charge in [-0.15, -0.1) is 35.3 Å². The second-order valence-corrected chi connectivity index (χ2v) is 8.09. The van der Waals surface area contributed by atoms with Crippen LogP contribution in [0.15, 0.2) is 46.8 Å². The van der Waals surface area contributed by atoms with Crippen molar-refractivity contribution >= 4 is 47.2 Å². The average Bonchev–Trinajstić information content (AvgIpc) is 3.19. The number of amides is 1. The number of likely N-dealkylation sites (N-methyl/N-ethyl adjacent to an activating group) is 1. The molecule has 1 amide bonds. The highest BCUT2D eigenvalue weighted by Crippen LogP contribution is 2.20. The lowest BCUT2D eigenvalue weighted by molar-refractivity contribution is -0.127. The molecule has 28 heavy (non-hydrogen) atoms. The first-order valence-corrected chi connectivity index (χ1v) is 10.3. The molecule has 1 aliphatic rings. The van der Waals surface area contributed by atoms with Crippen LogP contribution in [0.5, 0.6) is 0 Å². The van der Waals surface area contributed by atoms with E-state index in [2.05, 4.69) is 57.4 Å². The molecule has 0 bridgehead atoms. The lowest BCUT2D eigenvalue weighted by Gasteiger charge is -2.27. The lowest BCUT2D eigenvalue weighted by atomic mass is 9.88. The van der Waals surface area contributed by atoms with Gasteiger partial charge in [-0.1, -0.05) is 30.3 Å². The van der Waals surface area contributed by atoms with Crippen molar-refractivity contribution in [3.05, 3.63) is 57.8 Å². The van der Waals surface area contributed by atoms with Gasteiger partial charge in [0.15, 0.2) is 5.96 Å². The van der Waals surface area contributed by atoms with Crippen LogP contribution in [0.4, 0.5) is 0 Å². The summed E-state index contributed by atoms with van der Waals surface area (Å²) in [7, 11) is 3.51. The fourth-order valence-electron chi connectivity index (χ4n) is 3.21. The van der Waals surface area contributed by atoms with Crippen molar-refractivity contribution in [2.45, 2.75) is 31.7 Å². The maximum atomic E-state index is 11.9. The minimum Gasteiger partial charge on any atom is -0.356 e. The van der Waals surface area contributed by atoms with Crippen LogP contribution in [0.2, 0.25) is 0 Å². The topological polar surface area (TPSA) is 56.7 Å². The highest BCUT2D eigenvalue weighted by Gasteiger charge is 2.19. The van der Waals surface area contributed by atoms with Crippen molar-refractivity contribution in [3.63, 3.8) is 0 Å². The summed E-state index contributed by atoms with van der Waals surface area (Å²) in [4.78, 5) is 19.4. The van der Waals surface area contributed by atoms with Crippen LogP contribution in [-0.2, 0) is 24.1 Å². The average molecular weight is 512 g/mol. The molecule has 0 spiro atoms. The van der Waals surface area contributed by atoms with Crippen LogP contribution < -0.4 is 10.6 Å². The number of thiophene rings is 1. The number of guanidine groups is 1. The van der Waals surface area contributed by atoms with Crippen LogP contribution in [0.3, 0.4) is 0 Å². The lowest BCUT2D eigenvalue weighted by Crippen LogP contribution is -2.46. The summed E-state index contributed by atoms with van der Waals surface area (Å²) < 4.78 is 0. The highest BCUT2D eigenvalue weighted by molar-refractivity contribution is 14.0. The molecular weight excluding hydrogens is 483 g/mol. The maximum Gasteiger partial charge on any atom is 0.243 e. The fourth-order valence-corrected chi connectivity index (χ4v) is 3.92. The van der Waals surface area contributed by atoms with Gasteiger partial charge in [0, 0.05) is 31.6 Å². The van der Waals surface area contributed by atoms with Crippen molar-refractivity contribution in [2.75, 3.05) is 27.2 Å². The van der Waals surface area contributed by atoms with Gasteiger partial charge in [0.1, 0.15) is 6.54 Å². The number of hydrogen-bond donors (Lipinski definition) is 2. The third-order valence-electron chi connectivity index (χ3n) is 4.80. The van der Waals surface area contributed by atoms with E-state index in [0.717, 1.165) is 38.2 Å². The molecular formula is C21H29IN4OS. The van der Waals surface area contributed by atoms with Gasteiger partial charge in [0.25, 0.3) is 0 Å². The molecule has 1 atom stereocenters. The molecule has 0 saturated carbocycles. The first kappa shape index (κ1) is 22.7. The fraction of sp³-hybridized carbons (Fsp3) is 0.429. The highest BCUT2D eigenvalue weighted by atomic mass is 127. The number of carbonyl (C=O) groups is 1. The van der Waals surface area contributed by atoms with Crippen LogP contribution >= 0.6 is 35.3 Å². The molecule has 0 aliphatic heterocycles. The summed E-state index contributed by atoms with van der Waals surface area (Å²) in [6.45, 7) is 0.955. The summed E-state index contributed by atoms with van der Waals surface area (Å²) in [6.07, 6.45) is 4.09. The Labute approximate surface area is 188 Å². The Bertz CT molecular complexity index is 776. The third kappa shape index (κ3) is 6.77. The predicted molar refractivity (Wildman–Crippen MR) is 128 cm³/mol. The zero-order valence-electron chi connectivity index (χ0n) is 16.5. The van der Waals surface area contributed by atoms with Crippen LogP contribution in [0.1, 0.15) is 22.4 Å². The number of nitrogens with zero attached hydrogens (tertiary/aromatic N) is 2. The molecule has 152 valence electrons. The summed E-state index contributed by atoms with van der Waals surface area (Å²) in [6, 6.07) is 13.2. The maximum absolute atomic E-state index is 11.9. The normalized spacial score (nSPS) is 15.9. The first-order valence-electron chi connectivity index (χ1n) is 9.46. The number of halogens is 1. The summed E-state index contributed by atoms with van der Waals surface area (Å²) in [5, 5.41) is 9.04. The zero-order chi connectivity index (χ0) is 19.1. The van der Waals surface area contributed by atoms with Gasteiger partial charge in [0.2, 0.25) is 5.91 Å². The van der Waals surface area contributed by atoms with E-state index in [-0.39, 0.29) is 36.4 Å². The van der Waals surface area contributed by atoms with Crippen molar-refractivity contribution < 1.29 is 4.79 Å². The van der Waals surface area contributed by atoms with Gasteiger partial charge in [-0.25, -0.2) is 4.99 Å². The quantitative estimate of drug-likeness (QED) is 0.356. The SMILES string of the molecule is CN(C)C(=O)CN=C(NCCc1cccs1)NC1CCc2ccccc2C1.I. The second-order valence-electron chi connectivity index (χ2n) is 7.06. The van der Waals surface area contributed by atoms with Crippen molar-refractivity contribution in [1.82, 2.24) is 15.5 Å². The molecule has 0 radical (unpaired) electrons. The van der Waals surface area contributed by atoms with E-state index >= 15 is 0 Å². The molecule has 2 N–H and O–H groups in total. The van der Waals surface area contributed by atoms with E-state index < -0.39 is 0 Å². The standard InChI is InChI=1S/C21H28N4OS.HI/c1-25(2)20(26)15-23-21(22-12-11-19-8-5-13-27-19)24-18-10-9-16-6-3-4-7-17(16)14-18;/h3-8,13,18H,9-12,14-15H2,1-2H3,(H2,22,23,24);1H. The second kappa shape index (κ2) is 11.4. The number of rotatable bonds is 6. The molecule has 7 heteroatoms. The van der Waals surface area contributed by atoms with E-state index in [4.69, 9.17) is 0 Å². The van der Waals surface area contributed by atoms with Gasteiger partial charge in [-0.05, 0) is 48.3 Å². The van der Waals surface area contributed by atoms with E-state index in [1.54, 1.807) is 30.3 Å². The van der Waals surface area contributed by atoms with Crippen LogP contribution in [-0.4, -0.2) is 50.0 Å². The Morgan fingerprint density at radius 3 is 2.71 bits per heavy atom. The van der Waals surface area contributed by atoms with Crippen molar-refractivity contribution in [1.29, 1.82) is 0 Å². The third-order valence-corrected chi connectivity index (χ3v) is 5.74. The Morgan fingerprint density at radius 1 is 1.21 bits per heavy atom. The van der Waals surface area contributed by atoms with Gasteiger partial charge >= 0.3 is 0 Å². The Hall–Kier alpha value is -1.61. The van der Waals surface area contributed by atoms with Gasteiger partial charge in [-0.3, -0.25) is 4.79 Å². The predicted octanol–water partition coefficient (Wildman–Crippen LogP) is 3.09. The largest absolute Gasteiger partial charge is 0.356 e. The molecule has 1 aromatic carbocycles. The number of fused-ring (bicyclic) bond motifs is 1.